The zero-order valence-electron chi connectivity index (χ0n) is 17.1. The van der Waals surface area contributed by atoms with Crippen molar-refractivity contribution in [2.75, 3.05) is 26.7 Å². The quantitative estimate of drug-likeness (QED) is 0.228. The lowest BCUT2D eigenvalue weighted by molar-refractivity contribution is -0.117. The van der Waals surface area contributed by atoms with Crippen LogP contribution in [0.15, 0.2) is 12.2 Å². The number of carbonyl (C=O) groups is 1. The van der Waals surface area contributed by atoms with Crippen LogP contribution in [0.3, 0.4) is 0 Å². The minimum Gasteiger partial charge on any atom is -0.313 e. The maximum atomic E-state index is 11.3. The van der Waals surface area contributed by atoms with Crippen molar-refractivity contribution in [1.29, 1.82) is 0 Å². The summed E-state index contributed by atoms with van der Waals surface area (Å²) in [5, 5.41) is 6.10. The van der Waals surface area contributed by atoms with Gasteiger partial charge in [-0.3, -0.25) is 4.79 Å². The molecule has 0 aromatic rings. The molecular formula is C22H44N2O. The van der Waals surface area contributed by atoms with Gasteiger partial charge in [0.25, 0.3) is 0 Å². The number of hydrogen-bond donors (Lipinski definition) is 2. The van der Waals surface area contributed by atoms with E-state index in [1.165, 1.54) is 89.9 Å². The lowest BCUT2D eigenvalue weighted by atomic mass is 10.1. The zero-order chi connectivity index (χ0) is 18.4. The van der Waals surface area contributed by atoms with Gasteiger partial charge in [-0.1, -0.05) is 76.9 Å². The molecule has 0 aromatic heterocycles. The Morgan fingerprint density at radius 1 is 0.720 bits per heavy atom. The van der Waals surface area contributed by atoms with Crippen molar-refractivity contribution < 1.29 is 4.79 Å². The van der Waals surface area contributed by atoms with Crippen molar-refractivity contribution in [3.05, 3.63) is 12.2 Å². The Balaban J connectivity index is 3.11. The first-order chi connectivity index (χ1) is 12.3. The highest BCUT2D eigenvalue weighted by molar-refractivity contribution is 5.82. The number of likely N-dealkylation sites (N-methyl/N-ethyl adjacent to an activating group) is 1. The molecule has 0 fully saturated rings. The van der Waals surface area contributed by atoms with Gasteiger partial charge in [-0.05, 0) is 45.7 Å². The molecule has 0 spiro atoms. The fourth-order valence-electron chi connectivity index (χ4n) is 2.98. The monoisotopic (exact) mass is 352 g/mol. The summed E-state index contributed by atoms with van der Waals surface area (Å²) >= 11 is 0. The average molecular weight is 353 g/mol. The van der Waals surface area contributed by atoms with Crippen molar-refractivity contribution in [2.24, 2.45) is 0 Å². The fraction of sp³-hybridized carbons (Fsp3) is 0.864. The van der Waals surface area contributed by atoms with Crippen molar-refractivity contribution >= 4 is 5.78 Å². The van der Waals surface area contributed by atoms with Gasteiger partial charge in [-0.25, -0.2) is 0 Å². The number of unbranched alkanes of at least 4 members (excludes halogenated alkanes) is 12. The van der Waals surface area contributed by atoms with E-state index in [2.05, 4.69) is 29.7 Å². The maximum absolute atomic E-state index is 11.3. The molecule has 0 unspecified atom stereocenters. The molecule has 3 heteroatoms. The summed E-state index contributed by atoms with van der Waals surface area (Å²) in [6.07, 6.45) is 23.5. The van der Waals surface area contributed by atoms with Gasteiger partial charge in [-0.2, -0.15) is 0 Å². The summed E-state index contributed by atoms with van der Waals surface area (Å²) in [7, 11) is 1.81. The number of ketones is 1. The van der Waals surface area contributed by atoms with Crippen LogP contribution in [0, 0.1) is 0 Å². The predicted octanol–water partition coefficient (Wildman–Crippen LogP) is 5.40. The Hall–Kier alpha value is -0.670. The van der Waals surface area contributed by atoms with Gasteiger partial charge in [0.1, 0.15) is 0 Å². The van der Waals surface area contributed by atoms with Crippen molar-refractivity contribution in [2.45, 2.75) is 96.8 Å². The fourth-order valence-corrected chi connectivity index (χ4v) is 2.98. The first-order valence-electron chi connectivity index (χ1n) is 10.8. The third-order valence-electron chi connectivity index (χ3n) is 4.56. The number of nitrogens with one attached hydrogen (secondary N) is 2. The Morgan fingerprint density at radius 3 is 1.80 bits per heavy atom. The van der Waals surface area contributed by atoms with E-state index in [-0.39, 0.29) is 5.78 Å². The van der Waals surface area contributed by atoms with Crippen LogP contribution in [-0.4, -0.2) is 32.5 Å². The highest BCUT2D eigenvalue weighted by Gasteiger charge is 1.98. The molecule has 0 heterocycles. The van der Waals surface area contributed by atoms with Gasteiger partial charge in [0, 0.05) is 0 Å². The molecule has 2 N–H and O–H groups in total. The van der Waals surface area contributed by atoms with Crippen molar-refractivity contribution in [3.8, 4) is 0 Å². The van der Waals surface area contributed by atoms with Gasteiger partial charge >= 0.3 is 0 Å². The van der Waals surface area contributed by atoms with E-state index < -0.39 is 0 Å². The van der Waals surface area contributed by atoms with Gasteiger partial charge in [0.05, 0.1) is 13.1 Å². The Kier molecular flexibility index (Phi) is 20.8. The summed E-state index contributed by atoms with van der Waals surface area (Å²) in [5.74, 6) is 0.243. The van der Waals surface area contributed by atoms with E-state index in [1.54, 1.807) is 0 Å². The molecule has 0 radical (unpaired) electrons. The Labute approximate surface area is 157 Å². The lowest BCUT2D eigenvalue weighted by Gasteiger charge is -2.04. The van der Waals surface area contributed by atoms with E-state index in [4.69, 9.17) is 0 Å². The van der Waals surface area contributed by atoms with Gasteiger partial charge in [0.2, 0.25) is 0 Å². The van der Waals surface area contributed by atoms with E-state index >= 15 is 0 Å². The second kappa shape index (κ2) is 21.4. The van der Waals surface area contributed by atoms with Crippen LogP contribution in [-0.2, 0) is 4.79 Å². The van der Waals surface area contributed by atoms with E-state index in [0.29, 0.717) is 13.1 Å². The summed E-state index contributed by atoms with van der Waals surface area (Å²) in [4.78, 5) is 11.3. The number of hydrogen-bond acceptors (Lipinski definition) is 3. The number of rotatable bonds is 20. The first kappa shape index (κ1) is 24.3. The summed E-state index contributed by atoms with van der Waals surface area (Å²) < 4.78 is 0. The van der Waals surface area contributed by atoms with Crippen molar-refractivity contribution in [3.63, 3.8) is 0 Å². The highest BCUT2D eigenvalue weighted by atomic mass is 16.1. The lowest BCUT2D eigenvalue weighted by Crippen LogP contribution is -2.30. The molecule has 0 aliphatic rings. The van der Waals surface area contributed by atoms with Gasteiger partial charge in [0.15, 0.2) is 5.78 Å². The molecule has 148 valence electrons. The van der Waals surface area contributed by atoms with Crippen LogP contribution in [0.2, 0.25) is 0 Å². The molecule has 0 aliphatic carbocycles. The summed E-state index contributed by atoms with van der Waals surface area (Å²) in [6, 6.07) is 0. The van der Waals surface area contributed by atoms with Crippen LogP contribution in [0.4, 0.5) is 0 Å². The minimum absolute atomic E-state index is 0.243. The van der Waals surface area contributed by atoms with Crippen molar-refractivity contribution in [1.82, 2.24) is 10.6 Å². The topological polar surface area (TPSA) is 41.1 Å². The zero-order valence-corrected chi connectivity index (χ0v) is 17.1. The molecule has 0 rings (SSSR count). The summed E-state index contributed by atoms with van der Waals surface area (Å²) in [5.41, 5.74) is 0. The van der Waals surface area contributed by atoms with Gasteiger partial charge in [-0.15, -0.1) is 0 Å². The third-order valence-corrected chi connectivity index (χ3v) is 4.56. The minimum atomic E-state index is 0.243. The SMILES string of the molecule is CCCCCCCC/C=C\CCCCCCCCNCC(=O)CNC. The third kappa shape index (κ3) is 21.3. The Bertz CT molecular complexity index is 302. The number of allylic oxidation sites excluding steroid dienone is 2. The van der Waals surface area contributed by atoms with Crippen LogP contribution < -0.4 is 10.6 Å². The Morgan fingerprint density at radius 2 is 1.24 bits per heavy atom. The normalized spacial score (nSPS) is 11.4. The van der Waals surface area contributed by atoms with Crippen LogP contribution in [0.1, 0.15) is 96.8 Å². The smallest absolute Gasteiger partial charge is 0.160 e. The second-order valence-corrected chi connectivity index (χ2v) is 7.18. The second-order valence-electron chi connectivity index (χ2n) is 7.18. The standard InChI is InChI=1S/C22H44N2O/c1-3-4-5-6-7-8-9-10-11-12-13-14-15-16-17-18-19-24-21-22(25)20-23-2/h10-11,23-24H,3-9,12-21H2,1-2H3/b11-10-. The molecule has 0 bridgehead atoms. The molecule has 25 heavy (non-hydrogen) atoms. The van der Waals surface area contributed by atoms with E-state index in [1.807, 2.05) is 7.05 Å². The first-order valence-corrected chi connectivity index (χ1v) is 10.8. The molecule has 0 saturated heterocycles. The van der Waals surface area contributed by atoms with E-state index in [9.17, 15) is 4.79 Å². The molecule has 0 atom stereocenters. The van der Waals surface area contributed by atoms with Crippen LogP contribution >= 0.6 is 0 Å². The molecule has 0 amide bonds. The molecular weight excluding hydrogens is 308 g/mol. The predicted molar refractivity (Wildman–Crippen MR) is 111 cm³/mol. The molecule has 3 nitrogen and oxygen atoms in total. The maximum Gasteiger partial charge on any atom is 0.160 e. The number of Topliss-reactive ketones (excluding diaryl/α,β-unsaturated/α-hetero) is 1. The molecule has 0 aromatic carbocycles. The van der Waals surface area contributed by atoms with Crippen LogP contribution in [0.5, 0.6) is 0 Å². The van der Waals surface area contributed by atoms with Crippen LogP contribution in [0.25, 0.3) is 0 Å². The molecule has 0 saturated carbocycles. The molecule has 0 aliphatic heterocycles. The van der Waals surface area contributed by atoms with E-state index in [0.717, 1.165) is 6.54 Å². The largest absolute Gasteiger partial charge is 0.313 e. The highest BCUT2D eigenvalue weighted by Crippen LogP contribution is 2.09. The number of carbonyl (C=O) groups excluding carboxylic acids is 1. The van der Waals surface area contributed by atoms with Gasteiger partial charge < -0.3 is 10.6 Å². The average Bonchev–Trinajstić information content (AvgIpc) is 2.61. The summed E-state index contributed by atoms with van der Waals surface area (Å²) in [6.45, 7) is 4.22.